The van der Waals surface area contributed by atoms with Gasteiger partial charge in [0.15, 0.2) is 6.29 Å². The van der Waals surface area contributed by atoms with Crippen molar-refractivity contribution in [1.29, 1.82) is 0 Å². The minimum Gasteiger partial charge on any atom is -0.393 e. The molecule has 7 heteroatoms. The topological polar surface area (TPSA) is 68.8 Å². The van der Waals surface area contributed by atoms with E-state index >= 15 is 0 Å². The van der Waals surface area contributed by atoms with Crippen LogP contribution in [0.1, 0.15) is 0 Å². The standard InChI is InChI=1S/C13H21N5OS/c1-11(18-6-4-16-5-7-18)8-13(15-3)17-20-12(10-19)9-14-2/h8-10,14,16-17H,1,3-7H2,2H3/b12-9-,13-8+. The lowest BCUT2D eigenvalue weighted by Gasteiger charge is -2.29. The van der Waals surface area contributed by atoms with Crippen molar-refractivity contribution in [2.45, 2.75) is 0 Å². The zero-order valence-corrected chi connectivity index (χ0v) is 12.5. The van der Waals surface area contributed by atoms with Crippen molar-refractivity contribution in [3.63, 3.8) is 0 Å². The Balaban J connectivity index is 2.57. The molecule has 0 bridgehead atoms. The molecule has 1 rings (SSSR count). The molecule has 0 amide bonds. The van der Waals surface area contributed by atoms with Gasteiger partial charge in [0.2, 0.25) is 0 Å². The Morgan fingerprint density at radius 1 is 1.45 bits per heavy atom. The van der Waals surface area contributed by atoms with Gasteiger partial charge in [0.1, 0.15) is 5.82 Å². The first-order valence-corrected chi connectivity index (χ1v) is 7.11. The Morgan fingerprint density at radius 2 is 2.15 bits per heavy atom. The van der Waals surface area contributed by atoms with Crippen LogP contribution in [0.5, 0.6) is 0 Å². The van der Waals surface area contributed by atoms with E-state index in [4.69, 9.17) is 0 Å². The number of aldehydes is 1. The highest BCUT2D eigenvalue weighted by atomic mass is 32.2. The molecule has 20 heavy (non-hydrogen) atoms. The fourth-order valence-electron chi connectivity index (χ4n) is 1.65. The van der Waals surface area contributed by atoms with Gasteiger partial charge in [-0.1, -0.05) is 6.58 Å². The van der Waals surface area contributed by atoms with Gasteiger partial charge < -0.3 is 20.3 Å². The fraction of sp³-hybridized carbons (Fsp3) is 0.385. The molecular weight excluding hydrogens is 274 g/mol. The van der Waals surface area contributed by atoms with Crippen LogP contribution in [0.4, 0.5) is 0 Å². The van der Waals surface area contributed by atoms with Crippen molar-refractivity contribution in [1.82, 2.24) is 20.3 Å². The maximum Gasteiger partial charge on any atom is 0.159 e. The highest BCUT2D eigenvalue weighted by Gasteiger charge is 2.10. The van der Waals surface area contributed by atoms with Crippen LogP contribution in [0.3, 0.4) is 0 Å². The second kappa shape index (κ2) is 9.22. The molecule has 0 atom stereocenters. The molecule has 0 aromatic rings. The van der Waals surface area contributed by atoms with E-state index in [1.165, 1.54) is 11.9 Å². The normalized spacial score (nSPS) is 16.6. The van der Waals surface area contributed by atoms with Crippen molar-refractivity contribution in [2.75, 3.05) is 33.2 Å². The molecule has 0 radical (unpaired) electrons. The SMILES string of the molecule is C=N/C(=C\C(=C)N1CCNCC1)NS/C(C=O)=C\NC. The number of nitrogens with one attached hydrogen (secondary N) is 3. The molecule has 1 aliphatic heterocycles. The molecule has 0 unspecified atom stereocenters. The van der Waals surface area contributed by atoms with Crippen LogP contribution in [0.25, 0.3) is 0 Å². The summed E-state index contributed by atoms with van der Waals surface area (Å²) in [7, 11) is 1.73. The van der Waals surface area contributed by atoms with Crippen LogP contribution in [0, 0.1) is 0 Å². The molecule has 110 valence electrons. The van der Waals surface area contributed by atoms with E-state index in [1.54, 1.807) is 13.2 Å². The molecule has 1 aliphatic rings. The van der Waals surface area contributed by atoms with E-state index in [9.17, 15) is 4.79 Å². The Labute approximate surface area is 124 Å². The first-order valence-electron chi connectivity index (χ1n) is 6.29. The summed E-state index contributed by atoms with van der Waals surface area (Å²) in [4.78, 5) is 17.4. The minimum absolute atomic E-state index is 0.523. The summed E-state index contributed by atoms with van der Waals surface area (Å²) in [5.41, 5.74) is 0.882. The molecule has 0 aromatic heterocycles. The number of hydrogen-bond donors (Lipinski definition) is 3. The van der Waals surface area contributed by atoms with Gasteiger partial charge >= 0.3 is 0 Å². The lowest BCUT2D eigenvalue weighted by molar-refractivity contribution is -0.104. The van der Waals surface area contributed by atoms with Gasteiger partial charge in [0.05, 0.1) is 4.91 Å². The second-order valence-corrected chi connectivity index (χ2v) is 4.95. The van der Waals surface area contributed by atoms with Crippen molar-refractivity contribution < 1.29 is 4.79 Å². The molecule has 3 N–H and O–H groups in total. The van der Waals surface area contributed by atoms with Gasteiger partial charge in [0, 0.05) is 51.2 Å². The average Bonchev–Trinajstić information content (AvgIpc) is 2.50. The Morgan fingerprint density at radius 3 is 2.70 bits per heavy atom. The van der Waals surface area contributed by atoms with Crippen LogP contribution in [0.2, 0.25) is 0 Å². The number of aliphatic imine (C=N–C) groups is 1. The zero-order chi connectivity index (χ0) is 14.8. The van der Waals surface area contributed by atoms with Crippen LogP contribution < -0.4 is 15.4 Å². The summed E-state index contributed by atoms with van der Waals surface area (Å²) in [6.45, 7) is 11.3. The van der Waals surface area contributed by atoms with Crippen molar-refractivity contribution in [3.8, 4) is 0 Å². The van der Waals surface area contributed by atoms with Crippen LogP contribution >= 0.6 is 11.9 Å². The van der Waals surface area contributed by atoms with Crippen LogP contribution in [-0.4, -0.2) is 51.1 Å². The minimum atomic E-state index is 0.523. The number of carbonyl (C=O) groups excluding carboxylic acids is 1. The van der Waals surface area contributed by atoms with Gasteiger partial charge in [-0.15, -0.1) is 0 Å². The van der Waals surface area contributed by atoms with Gasteiger partial charge in [-0.05, 0) is 18.7 Å². The molecule has 1 fully saturated rings. The van der Waals surface area contributed by atoms with Gasteiger partial charge in [-0.3, -0.25) is 4.79 Å². The summed E-state index contributed by atoms with van der Waals surface area (Å²) in [6, 6.07) is 0. The monoisotopic (exact) mass is 295 g/mol. The van der Waals surface area contributed by atoms with E-state index in [0.717, 1.165) is 38.2 Å². The second-order valence-electron chi connectivity index (χ2n) is 4.07. The van der Waals surface area contributed by atoms with E-state index in [-0.39, 0.29) is 0 Å². The first-order chi connectivity index (χ1) is 9.71. The first kappa shape index (κ1) is 16.3. The fourth-order valence-corrected chi connectivity index (χ4v) is 2.22. The number of piperazine rings is 1. The number of hydrogen-bond acceptors (Lipinski definition) is 7. The van der Waals surface area contributed by atoms with E-state index in [2.05, 4.69) is 38.5 Å². The number of rotatable bonds is 8. The molecule has 0 aromatic carbocycles. The molecular formula is C13H21N5OS. The van der Waals surface area contributed by atoms with E-state index < -0.39 is 0 Å². The molecule has 0 saturated carbocycles. The molecule has 1 heterocycles. The summed E-state index contributed by atoms with van der Waals surface area (Å²) in [5, 5.41) is 6.09. The molecule has 0 spiro atoms. The third-order valence-electron chi connectivity index (χ3n) is 2.67. The Kier molecular flexibility index (Phi) is 7.52. The van der Waals surface area contributed by atoms with Gasteiger partial charge in [-0.25, -0.2) is 4.99 Å². The quantitative estimate of drug-likeness (QED) is 0.199. The maximum absolute atomic E-state index is 10.8. The highest BCUT2D eigenvalue weighted by Crippen LogP contribution is 2.13. The summed E-state index contributed by atoms with van der Waals surface area (Å²) in [6.07, 6.45) is 4.20. The van der Waals surface area contributed by atoms with Gasteiger partial charge in [0.25, 0.3) is 0 Å². The summed E-state index contributed by atoms with van der Waals surface area (Å²) < 4.78 is 2.98. The average molecular weight is 295 g/mol. The number of carbonyl (C=O) groups is 1. The maximum atomic E-state index is 10.8. The highest BCUT2D eigenvalue weighted by molar-refractivity contribution is 8.02. The summed E-state index contributed by atoms with van der Waals surface area (Å²) in [5.74, 6) is 0.572. The Bertz CT molecular complexity index is 413. The van der Waals surface area contributed by atoms with Gasteiger partial charge in [-0.2, -0.15) is 0 Å². The van der Waals surface area contributed by atoms with Crippen molar-refractivity contribution in [2.24, 2.45) is 4.99 Å². The largest absolute Gasteiger partial charge is 0.393 e. The molecule has 6 nitrogen and oxygen atoms in total. The van der Waals surface area contributed by atoms with E-state index in [0.29, 0.717) is 10.7 Å². The number of nitrogens with zero attached hydrogens (tertiary/aromatic N) is 2. The number of allylic oxidation sites excluding steroid dienone is 2. The lowest BCUT2D eigenvalue weighted by Crippen LogP contribution is -2.42. The lowest BCUT2D eigenvalue weighted by atomic mass is 10.3. The molecule has 0 aliphatic carbocycles. The third-order valence-corrected chi connectivity index (χ3v) is 3.43. The third kappa shape index (κ3) is 5.50. The summed E-state index contributed by atoms with van der Waals surface area (Å²) >= 11 is 1.17. The Hall–Kier alpha value is -1.73. The van der Waals surface area contributed by atoms with E-state index in [1.807, 2.05) is 6.08 Å². The van der Waals surface area contributed by atoms with Crippen molar-refractivity contribution >= 4 is 25.0 Å². The van der Waals surface area contributed by atoms with Crippen LogP contribution in [0.15, 0.2) is 40.3 Å². The van der Waals surface area contributed by atoms with Crippen molar-refractivity contribution in [3.05, 3.63) is 35.3 Å². The molecule has 1 saturated heterocycles. The predicted molar refractivity (Wildman–Crippen MR) is 85.1 cm³/mol. The smallest absolute Gasteiger partial charge is 0.159 e. The predicted octanol–water partition coefficient (Wildman–Crippen LogP) is 0.445. The zero-order valence-electron chi connectivity index (χ0n) is 11.7. The van der Waals surface area contributed by atoms with Crippen LogP contribution in [-0.2, 0) is 4.79 Å².